The second kappa shape index (κ2) is 9.19. The van der Waals surface area contributed by atoms with Crippen LogP contribution in [0.1, 0.15) is 40.6 Å². The molecule has 6 heteroatoms. The molecule has 1 aromatic heterocycles. The molecule has 1 heterocycles. The average molecular weight is 390 g/mol. The van der Waals surface area contributed by atoms with Crippen LogP contribution in [0, 0.1) is 0 Å². The number of anilines is 2. The number of nitrogens with one attached hydrogen (secondary N) is 2. The minimum absolute atomic E-state index is 0.214. The summed E-state index contributed by atoms with van der Waals surface area (Å²) in [7, 11) is 3.95. The summed E-state index contributed by atoms with van der Waals surface area (Å²) < 4.78 is 0. The number of unbranched alkanes of at least 4 members (excludes halogenated alkanes) is 1. The van der Waals surface area contributed by atoms with Gasteiger partial charge in [-0.15, -0.1) is 0 Å². The molecule has 3 aromatic rings. The number of carbonyl (C=O) groups is 2. The third-order valence-electron chi connectivity index (χ3n) is 4.71. The van der Waals surface area contributed by atoms with E-state index in [-0.39, 0.29) is 17.5 Å². The van der Waals surface area contributed by atoms with E-state index in [0.717, 1.165) is 29.3 Å². The highest BCUT2D eigenvalue weighted by molar-refractivity contribution is 6.16. The predicted molar refractivity (Wildman–Crippen MR) is 118 cm³/mol. The minimum atomic E-state index is -0.290. The highest BCUT2D eigenvalue weighted by Crippen LogP contribution is 2.29. The van der Waals surface area contributed by atoms with Crippen LogP contribution in [-0.4, -0.2) is 37.4 Å². The van der Waals surface area contributed by atoms with E-state index >= 15 is 0 Å². The highest BCUT2D eigenvalue weighted by atomic mass is 16.2. The van der Waals surface area contributed by atoms with Crippen molar-refractivity contribution in [2.24, 2.45) is 0 Å². The molecule has 2 aromatic carbocycles. The van der Waals surface area contributed by atoms with E-state index in [9.17, 15) is 9.59 Å². The Hall–Kier alpha value is -3.41. The van der Waals surface area contributed by atoms with E-state index in [0.29, 0.717) is 17.8 Å². The fourth-order valence-corrected chi connectivity index (χ4v) is 3.21. The molecule has 150 valence electrons. The van der Waals surface area contributed by atoms with Gasteiger partial charge in [0.05, 0.1) is 5.69 Å². The van der Waals surface area contributed by atoms with Crippen LogP contribution in [0.15, 0.2) is 54.7 Å². The number of benzene rings is 2. The molecule has 0 saturated carbocycles. The SMILES string of the molecule is CCCCNC(=O)c1ncccc1NC(=O)c1ccc(N(C)C)c2ccccc12. The Morgan fingerprint density at radius 1 is 0.966 bits per heavy atom. The molecule has 29 heavy (non-hydrogen) atoms. The van der Waals surface area contributed by atoms with Crippen molar-refractivity contribution in [2.75, 3.05) is 30.9 Å². The maximum absolute atomic E-state index is 13.1. The largest absolute Gasteiger partial charge is 0.377 e. The van der Waals surface area contributed by atoms with Gasteiger partial charge in [0.1, 0.15) is 0 Å². The minimum Gasteiger partial charge on any atom is -0.377 e. The molecule has 0 saturated heterocycles. The Bertz CT molecular complexity index is 1030. The third-order valence-corrected chi connectivity index (χ3v) is 4.71. The van der Waals surface area contributed by atoms with Crippen molar-refractivity contribution >= 4 is 34.0 Å². The topological polar surface area (TPSA) is 74.3 Å². The van der Waals surface area contributed by atoms with E-state index in [4.69, 9.17) is 0 Å². The van der Waals surface area contributed by atoms with Gasteiger partial charge in [-0.1, -0.05) is 37.6 Å². The van der Waals surface area contributed by atoms with Crippen molar-refractivity contribution in [3.63, 3.8) is 0 Å². The van der Waals surface area contributed by atoms with Crippen molar-refractivity contribution in [1.82, 2.24) is 10.3 Å². The standard InChI is InChI=1S/C23H26N4O2/c1-4-5-14-25-23(29)21-19(11-8-15-24-21)26-22(28)18-12-13-20(27(2)3)17-10-7-6-9-16(17)18/h6-13,15H,4-5,14H2,1-3H3,(H,25,29)(H,26,28). The smallest absolute Gasteiger partial charge is 0.272 e. The molecule has 0 fully saturated rings. The van der Waals surface area contributed by atoms with Crippen molar-refractivity contribution in [3.05, 3.63) is 66.0 Å². The summed E-state index contributed by atoms with van der Waals surface area (Å²) in [5.41, 5.74) is 2.19. The van der Waals surface area contributed by atoms with E-state index in [1.807, 2.05) is 55.4 Å². The number of amides is 2. The van der Waals surface area contributed by atoms with Gasteiger partial charge in [0.25, 0.3) is 11.8 Å². The van der Waals surface area contributed by atoms with Gasteiger partial charge in [-0.25, -0.2) is 4.98 Å². The summed E-state index contributed by atoms with van der Waals surface area (Å²) in [6.07, 6.45) is 3.43. The first-order chi connectivity index (χ1) is 14.0. The Labute approximate surface area is 170 Å². The second-order valence-corrected chi connectivity index (χ2v) is 7.04. The lowest BCUT2D eigenvalue weighted by atomic mass is 10.0. The fraction of sp³-hybridized carbons (Fsp3) is 0.261. The molecule has 2 amide bonds. The summed E-state index contributed by atoms with van der Waals surface area (Å²) in [6.45, 7) is 2.64. The predicted octanol–water partition coefficient (Wildman–Crippen LogP) is 4.08. The molecular formula is C23H26N4O2. The van der Waals surface area contributed by atoms with E-state index < -0.39 is 0 Å². The first-order valence-electron chi connectivity index (χ1n) is 9.76. The molecule has 0 aliphatic heterocycles. The lowest BCUT2D eigenvalue weighted by Crippen LogP contribution is -2.27. The van der Waals surface area contributed by atoms with Crippen molar-refractivity contribution < 1.29 is 9.59 Å². The van der Waals surface area contributed by atoms with Crippen LogP contribution in [0.4, 0.5) is 11.4 Å². The van der Waals surface area contributed by atoms with Crippen LogP contribution in [0.3, 0.4) is 0 Å². The van der Waals surface area contributed by atoms with Crippen molar-refractivity contribution in [1.29, 1.82) is 0 Å². The van der Waals surface area contributed by atoms with Gasteiger partial charge in [0.15, 0.2) is 5.69 Å². The Kier molecular flexibility index (Phi) is 6.44. The van der Waals surface area contributed by atoms with E-state index in [2.05, 4.69) is 22.5 Å². The van der Waals surface area contributed by atoms with Crippen LogP contribution >= 0.6 is 0 Å². The summed E-state index contributed by atoms with van der Waals surface area (Å²) in [5.74, 6) is -0.565. The molecule has 0 bridgehead atoms. The number of rotatable bonds is 7. The van der Waals surface area contributed by atoms with Gasteiger partial charge in [0.2, 0.25) is 0 Å². The molecular weight excluding hydrogens is 364 g/mol. The zero-order valence-electron chi connectivity index (χ0n) is 17.0. The quantitative estimate of drug-likeness (QED) is 0.596. The van der Waals surface area contributed by atoms with Gasteiger partial charge in [-0.2, -0.15) is 0 Å². The molecule has 2 N–H and O–H groups in total. The average Bonchev–Trinajstić information content (AvgIpc) is 2.73. The van der Waals surface area contributed by atoms with Gasteiger partial charge in [-0.05, 0) is 36.1 Å². The summed E-state index contributed by atoms with van der Waals surface area (Å²) in [4.78, 5) is 31.7. The van der Waals surface area contributed by atoms with Crippen LogP contribution in [0.2, 0.25) is 0 Å². The van der Waals surface area contributed by atoms with Crippen LogP contribution in [-0.2, 0) is 0 Å². The second-order valence-electron chi connectivity index (χ2n) is 7.04. The number of hydrogen-bond acceptors (Lipinski definition) is 4. The molecule has 0 aliphatic carbocycles. The van der Waals surface area contributed by atoms with Gasteiger partial charge in [-0.3, -0.25) is 9.59 Å². The molecule has 0 radical (unpaired) electrons. The normalized spacial score (nSPS) is 10.6. The Morgan fingerprint density at radius 3 is 2.45 bits per heavy atom. The maximum atomic E-state index is 13.1. The number of pyridine rings is 1. The van der Waals surface area contributed by atoms with Crippen LogP contribution in [0.5, 0.6) is 0 Å². The molecule has 6 nitrogen and oxygen atoms in total. The zero-order valence-corrected chi connectivity index (χ0v) is 17.0. The third kappa shape index (κ3) is 4.54. The van der Waals surface area contributed by atoms with E-state index in [1.54, 1.807) is 18.3 Å². The summed E-state index contributed by atoms with van der Waals surface area (Å²) >= 11 is 0. The highest BCUT2D eigenvalue weighted by Gasteiger charge is 2.17. The van der Waals surface area contributed by atoms with Crippen molar-refractivity contribution in [3.8, 4) is 0 Å². The van der Waals surface area contributed by atoms with E-state index in [1.165, 1.54) is 0 Å². The molecule has 0 spiro atoms. The first-order valence-corrected chi connectivity index (χ1v) is 9.76. The lowest BCUT2D eigenvalue weighted by molar-refractivity contribution is 0.0949. The van der Waals surface area contributed by atoms with Gasteiger partial charge < -0.3 is 15.5 Å². The van der Waals surface area contributed by atoms with Gasteiger partial charge >= 0.3 is 0 Å². The lowest BCUT2D eigenvalue weighted by Gasteiger charge is -2.17. The number of nitrogens with zero attached hydrogens (tertiary/aromatic N) is 2. The Balaban J connectivity index is 1.90. The van der Waals surface area contributed by atoms with Crippen LogP contribution in [0.25, 0.3) is 10.8 Å². The molecule has 0 atom stereocenters. The van der Waals surface area contributed by atoms with Crippen molar-refractivity contribution in [2.45, 2.75) is 19.8 Å². The molecule has 0 unspecified atom stereocenters. The maximum Gasteiger partial charge on any atom is 0.272 e. The molecule has 3 rings (SSSR count). The summed E-state index contributed by atoms with van der Waals surface area (Å²) in [5, 5.41) is 7.56. The summed E-state index contributed by atoms with van der Waals surface area (Å²) in [6, 6.07) is 14.9. The number of aromatic nitrogens is 1. The molecule has 0 aliphatic rings. The van der Waals surface area contributed by atoms with Crippen LogP contribution < -0.4 is 15.5 Å². The van der Waals surface area contributed by atoms with Gasteiger partial charge in [0, 0.05) is 43.5 Å². The first kappa shape index (κ1) is 20.3. The number of hydrogen-bond donors (Lipinski definition) is 2. The fourth-order valence-electron chi connectivity index (χ4n) is 3.21. The zero-order chi connectivity index (χ0) is 20.8. The number of fused-ring (bicyclic) bond motifs is 1. The Morgan fingerprint density at radius 2 is 1.72 bits per heavy atom. The monoisotopic (exact) mass is 390 g/mol. The number of carbonyl (C=O) groups excluding carboxylic acids is 2.